The highest BCUT2D eigenvalue weighted by Crippen LogP contribution is 2.16. The summed E-state index contributed by atoms with van der Waals surface area (Å²) in [6.45, 7) is 2.89. The molecule has 16 heavy (non-hydrogen) atoms. The number of nitrogen functional groups attached to an aromatic ring is 1. The quantitative estimate of drug-likeness (QED) is 0.684. The first kappa shape index (κ1) is 10.5. The zero-order valence-corrected chi connectivity index (χ0v) is 9.33. The van der Waals surface area contributed by atoms with Gasteiger partial charge in [0.25, 0.3) is 0 Å². The second-order valence-corrected chi connectivity index (χ2v) is 3.82. The minimum atomic E-state index is 0.833. The van der Waals surface area contributed by atoms with Crippen molar-refractivity contribution in [2.75, 3.05) is 17.6 Å². The molecule has 84 valence electrons. The molecular formula is C12H16N4. The number of nitrogens with one attached hydrogen (secondary N) is 2. The molecule has 1 aromatic carbocycles. The standard InChI is InChI=1S/C12H16N4/c1-9-6-10(2-3-12(9)13)15-5-4-11-7-14-8-16-11/h2-3,6-8,15H,4-5,13H2,1H3,(H,14,16). The van der Waals surface area contributed by atoms with Crippen molar-refractivity contribution in [2.45, 2.75) is 13.3 Å². The van der Waals surface area contributed by atoms with E-state index in [1.54, 1.807) is 6.33 Å². The Balaban J connectivity index is 1.87. The lowest BCUT2D eigenvalue weighted by Gasteiger charge is -2.07. The van der Waals surface area contributed by atoms with Gasteiger partial charge >= 0.3 is 0 Å². The summed E-state index contributed by atoms with van der Waals surface area (Å²) in [7, 11) is 0. The van der Waals surface area contributed by atoms with Crippen molar-refractivity contribution < 1.29 is 0 Å². The Morgan fingerprint density at radius 3 is 3.00 bits per heavy atom. The van der Waals surface area contributed by atoms with E-state index in [2.05, 4.69) is 21.4 Å². The fourth-order valence-electron chi connectivity index (χ4n) is 1.55. The van der Waals surface area contributed by atoms with Crippen LogP contribution in [0.25, 0.3) is 0 Å². The number of aromatic nitrogens is 2. The van der Waals surface area contributed by atoms with E-state index in [0.717, 1.165) is 35.6 Å². The van der Waals surface area contributed by atoms with Crippen LogP contribution < -0.4 is 11.1 Å². The number of H-pyrrole nitrogens is 1. The highest BCUT2D eigenvalue weighted by molar-refractivity contribution is 5.56. The van der Waals surface area contributed by atoms with Crippen molar-refractivity contribution >= 4 is 11.4 Å². The first-order valence-corrected chi connectivity index (χ1v) is 5.33. The molecule has 1 heterocycles. The molecule has 0 spiro atoms. The number of imidazole rings is 1. The van der Waals surface area contributed by atoms with Crippen LogP contribution in [0.5, 0.6) is 0 Å². The van der Waals surface area contributed by atoms with E-state index in [9.17, 15) is 0 Å². The number of anilines is 2. The number of nitrogens with two attached hydrogens (primary N) is 1. The third-order valence-electron chi connectivity index (χ3n) is 2.55. The first-order chi connectivity index (χ1) is 7.75. The molecule has 0 atom stereocenters. The second kappa shape index (κ2) is 4.70. The van der Waals surface area contributed by atoms with Crippen molar-refractivity contribution in [1.29, 1.82) is 0 Å². The maximum absolute atomic E-state index is 5.75. The van der Waals surface area contributed by atoms with E-state index < -0.39 is 0 Å². The Kier molecular flexibility index (Phi) is 3.10. The van der Waals surface area contributed by atoms with Crippen LogP contribution in [0, 0.1) is 6.92 Å². The second-order valence-electron chi connectivity index (χ2n) is 3.82. The molecule has 0 saturated heterocycles. The summed E-state index contributed by atoms with van der Waals surface area (Å²) in [5.41, 5.74) is 9.93. The third-order valence-corrected chi connectivity index (χ3v) is 2.55. The molecular weight excluding hydrogens is 200 g/mol. The normalized spacial score (nSPS) is 10.3. The van der Waals surface area contributed by atoms with Crippen molar-refractivity contribution in [1.82, 2.24) is 9.97 Å². The predicted octanol–water partition coefficient (Wildman–Crippen LogP) is 1.95. The lowest BCUT2D eigenvalue weighted by atomic mass is 10.2. The number of rotatable bonds is 4. The van der Waals surface area contributed by atoms with E-state index in [0.29, 0.717) is 0 Å². The van der Waals surface area contributed by atoms with Crippen LogP contribution in [0.4, 0.5) is 11.4 Å². The molecule has 0 aliphatic rings. The van der Waals surface area contributed by atoms with Gasteiger partial charge in [0.1, 0.15) is 0 Å². The average Bonchev–Trinajstić information content (AvgIpc) is 2.76. The SMILES string of the molecule is Cc1cc(NCCc2cnc[nH]2)ccc1N. The molecule has 4 heteroatoms. The zero-order chi connectivity index (χ0) is 11.4. The highest BCUT2D eigenvalue weighted by atomic mass is 14.9. The topological polar surface area (TPSA) is 66.7 Å². The number of aryl methyl sites for hydroxylation is 1. The molecule has 0 bridgehead atoms. The molecule has 2 aromatic rings. The Labute approximate surface area is 94.9 Å². The molecule has 0 amide bonds. The van der Waals surface area contributed by atoms with Gasteiger partial charge in [-0.25, -0.2) is 4.98 Å². The average molecular weight is 216 g/mol. The fraction of sp³-hybridized carbons (Fsp3) is 0.250. The minimum absolute atomic E-state index is 0.833. The molecule has 4 N–H and O–H groups in total. The van der Waals surface area contributed by atoms with Crippen molar-refractivity contribution in [2.24, 2.45) is 0 Å². The summed E-state index contributed by atoms with van der Waals surface area (Å²) in [6.07, 6.45) is 4.47. The highest BCUT2D eigenvalue weighted by Gasteiger charge is 1.97. The summed E-state index contributed by atoms with van der Waals surface area (Å²) in [5.74, 6) is 0. The van der Waals surface area contributed by atoms with Gasteiger partial charge in [0, 0.05) is 36.2 Å². The van der Waals surface area contributed by atoms with Crippen molar-refractivity contribution in [3.05, 3.63) is 42.0 Å². The number of nitrogens with zero attached hydrogens (tertiary/aromatic N) is 1. The van der Waals surface area contributed by atoms with Crippen molar-refractivity contribution in [3.8, 4) is 0 Å². The largest absolute Gasteiger partial charge is 0.399 e. The van der Waals surface area contributed by atoms with Gasteiger partial charge in [0.05, 0.1) is 6.33 Å². The number of hydrogen-bond donors (Lipinski definition) is 3. The van der Waals surface area contributed by atoms with Crippen LogP contribution in [0.3, 0.4) is 0 Å². The van der Waals surface area contributed by atoms with E-state index >= 15 is 0 Å². The van der Waals surface area contributed by atoms with Gasteiger partial charge in [-0.15, -0.1) is 0 Å². The van der Waals surface area contributed by atoms with Gasteiger partial charge in [0.15, 0.2) is 0 Å². The summed E-state index contributed by atoms with van der Waals surface area (Å²) in [4.78, 5) is 7.05. The van der Waals surface area contributed by atoms with Crippen LogP contribution in [0.2, 0.25) is 0 Å². The fourth-order valence-corrected chi connectivity index (χ4v) is 1.55. The molecule has 0 aliphatic heterocycles. The molecule has 0 unspecified atom stereocenters. The number of aromatic amines is 1. The van der Waals surface area contributed by atoms with E-state index in [4.69, 9.17) is 5.73 Å². The van der Waals surface area contributed by atoms with Gasteiger partial charge in [-0.2, -0.15) is 0 Å². The smallest absolute Gasteiger partial charge is 0.0921 e. The van der Waals surface area contributed by atoms with Gasteiger partial charge in [-0.05, 0) is 30.7 Å². The molecule has 4 nitrogen and oxygen atoms in total. The predicted molar refractivity (Wildman–Crippen MR) is 66.4 cm³/mol. The maximum Gasteiger partial charge on any atom is 0.0921 e. The van der Waals surface area contributed by atoms with Crippen LogP contribution in [-0.4, -0.2) is 16.5 Å². The van der Waals surface area contributed by atoms with E-state index in [1.165, 1.54) is 0 Å². The molecule has 0 radical (unpaired) electrons. The maximum atomic E-state index is 5.75. The Morgan fingerprint density at radius 2 is 2.31 bits per heavy atom. The Bertz CT molecular complexity index is 448. The third kappa shape index (κ3) is 2.53. The van der Waals surface area contributed by atoms with Crippen LogP contribution in [-0.2, 0) is 6.42 Å². The van der Waals surface area contributed by atoms with Crippen molar-refractivity contribution in [3.63, 3.8) is 0 Å². The summed E-state index contributed by atoms with van der Waals surface area (Å²) in [6, 6.07) is 5.98. The Morgan fingerprint density at radius 1 is 1.44 bits per heavy atom. The van der Waals surface area contributed by atoms with Gasteiger partial charge in [-0.1, -0.05) is 0 Å². The molecule has 1 aromatic heterocycles. The first-order valence-electron chi connectivity index (χ1n) is 5.33. The lowest BCUT2D eigenvalue weighted by Crippen LogP contribution is -2.05. The lowest BCUT2D eigenvalue weighted by molar-refractivity contribution is 0.977. The Hall–Kier alpha value is -1.97. The molecule has 0 saturated carbocycles. The van der Waals surface area contributed by atoms with Gasteiger partial charge < -0.3 is 16.0 Å². The van der Waals surface area contributed by atoms with Crippen LogP contribution in [0.15, 0.2) is 30.7 Å². The van der Waals surface area contributed by atoms with Gasteiger partial charge in [0.2, 0.25) is 0 Å². The number of hydrogen-bond acceptors (Lipinski definition) is 3. The molecule has 2 rings (SSSR count). The van der Waals surface area contributed by atoms with Gasteiger partial charge in [-0.3, -0.25) is 0 Å². The monoisotopic (exact) mass is 216 g/mol. The molecule has 0 fully saturated rings. The summed E-state index contributed by atoms with van der Waals surface area (Å²) < 4.78 is 0. The summed E-state index contributed by atoms with van der Waals surface area (Å²) >= 11 is 0. The van der Waals surface area contributed by atoms with Crippen LogP contribution >= 0.6 is 0 Å². The van der Waals surface area contributed by atoms with E-state index in [1.807, 2.05) is 25.3 Å². The van der Waals surface area contributed by atoms with Crippen LogP contribution in [0.1, 0.15) is 11.3 Å². The van der Waals surface area contributed by atoms with E-state index in [-0.39, 0.29) is 0 Å². The zero-order valence-electron chi connectivity index (χ0n) is 9.33. The molecule has 0 aliphatic carbocycles. The number of benzene rings is 1. The summed E-state index contributed by atoms with van der Waals surface area (Å²) in [5, 5.41) is 3.35. The minimum Gasteiger partial charge on any atom is -0.399 e.